The molecule has 0 saturated carbocycles. The molecule has 0 atom stereocenters. The highest BCUT2D eigenvalue weighted by Crippen LogP contribution is 2.26. The summed E-state index contributed by atoms with van der Waals surface area (Å²) >= 11 is 0. The maximum Gasteiger partial charge on any atom is 0.270 e. The van der Waals surface area contributed by atoms with Crippen molar-refractivity contribution in [2.75, 3.05) is 31.6 Å². The van der Waals surface area contributed by atoms with E-state index in [-0.39, 0.29) is 5.56 Å². The predicted octanol–water partition coefficient (Wildman–Crippen LogP) is 3.04. The molecule has 0 aliphatic carbocycles. The molecule has 2 aromatic heterocycles. The number of nitrogens with one attached hydrogen (secondary N) is 1. The summed E-state index contributed by atoms with van der Waals surface area (Å²) in [6.45, 7) is 7.44. The summed E-state index contributed by atoms with van der Waals surface area (Å²) in [5, 5.41) is 2.84. The number of pyridine rings is 1. The van der Waals surface area contributed by atoms with E-state index in [9.17, 15) is 9.59 Å². The van der Waals surface area contributed by atoms with Crippen molar-refractivity contribution >= 4 is 17.2 Å². The van der Waals surface area contributed by atoms with Gasteiger partial charge in [-0.15, -0.1) is 0 Å². The molecule has 156 valence electrons. The second-order valence-electron chi connectivity index (χ2n) is 7.71. The van der Waals surface area contributed by atoms with Gasteiger partial charge in [0, 0.05) is 18.9 Å². The van der Waals surface area contributed by atoms with E-state index in [1.54, 1.807) is 12.3 Å². The summed E-state index contributed by atoms with van der Waals surface area (Å²) in [6.07, 6.45) is 5.43. The van der Waals surface area contributed by atoms with Crippen LogP contribution in [0.3, 0.4) is 0 Å². The van der Waals surface area contributed by atoms with Gasteiger partial charge in [-0.2, -0.15) is 0 Å². The molecule has 1 N–H and O–H groups in total. The molecule has 1 amide bonds. The molecular formula is C23H26N4O3. The second-order valence-corrected chi connectivity index (χ2v) is 7.71. The lowest BCUT2D eigenvalue weighted by Gasteiger charge is -2.17. The first-order valence-corrected chi connectivity index (χ1v) is 10.3. The molecule has 3 aromatic rings. The first-order chi connectivity index (χ1) is 14.5. The number of likely N-dealkylation sites (tertiary alicyclic amines) is 1. The number of amides is 1. The first-order valence-electron chi connectivity index (χ1n) is 10.3. The van der Waals surface area contributed by atoms with Gasteiger partial charge in [0.2, 0.25) is 0 Å². The van der Waals surface area contributed by atoms with Crippen molar-refractivity contribution < 1.29 is 9.53 Å². The Balaban J connectivity index is 1.54. The Morgan fingerprint density at radius 3 is 2.80 bits per heavy atom. The zero-order chi connectivity index (χ0) is 21.1. The van der Waals surface area contributed by atoms with E-state index in [1.807, 2.05) is 38.1 Å². The van der Waals surface area contributed by atoms with E-state index < -0.39 is 11.5 Å². The number of fused-ring (bicyclic) bond motifs is 1. The highest BCUT2D eigenvalue weighted by Gasteiger charge is 2.17. The molecule has 1 saturated heterocycles. The van der Waals surface area contributed by atoms with Crippen molar-refractivity contribution in [2.24, 2.45) is 0 Å². The number of benzene rings is 1. The van der Waals surface area contributed by atoms with Crippen LogP contribution in [0.1, 0.15) is 34.3 Å². The van der Waals surface area contributed by atoms with Crippen molar-refractivity contribution in [3.8, 4) is 5.75 Å². The van der Waals surface area contributed by atoms with Gasteiger partial charge in [0.05, 0.1) is 5.69 Å². The third kappa shape index (κ3) is 4.21. The van der Waals surface area contributed by atoms with Crippen LogP contribution in [0.2, 0.25) is 0 Å². The minimum atomic E-state index is -0.501. The SMILES string of the molecule is Cc1ccc(OCCN2CCCC2)c(NC(=O)c2cnc3c(C)cccn3c2=O)c1. The first kappa shape index (κ1) is 20.1. The van der Waals surface area contributed by atoms with Crippen LogP contribution in [0.5, 0.6) is 5.75 Å². The number of aromatic nitrogens is 2. The van der Waals surface area contributed by atoms with Gasteiger partial charge in [-0.05, 0) is 69.1 Å². The Hall–Kier alpha value is -3.19. The molecule has 0 bridgehead atoms. The molecule has 1 aromatic carbocycles. The van der Waals surface area contributed by atoms with Gasteiger partial charge in [-0.1, -0.05) is 12.1 Å². The molecule has 0 unspecified atom stereocenters. The number of carbonyl (C=O) groups is 1. The van der Waals surface area contributed by atoms with Crippen LogP contribution in [-0.4, -0.2) is 46.4 Å². The van der Waals surface area contributed by atoms with Gasteiger partial charge < -0.3 is 10.1 Å². The van der Waals surface area contributed by atoms with Crippen LogP contribution >= 0.6 is 0 Å². The van der Waals surface area contributed by atoms with Gasteiger partial charge in [0.1, 0.15) is 23.6 Å². The summed E-state index contributed by atoms with van der Waals surface area (Å²) in [4.78, 5) is 32.4. The number of carbonyl (C=O) groups excluding carboxylic acids is 1. The maximum atomic E-state index is 12.9. The summed E-state index contributed by atoms with van der Waals surface area (Å²) in [7, 11) is 0. The third-order valence-corrected chi connectivity index (χ3v) is 5.42. The lowest BCUT2D eigenvalue weighted by molar-refractivity contribution is 0.102. The number of rotatable bonds is 6. The minimum Gasteiger partial charge on any atom is -0.490 e. The monoisotopic (exact) mass is 406 g/mol. The number of anilines is 1. The van der Waals surface area contributed by atoms with E-state index in [4.69, 9.17) is 4.74 Å². The van der Waals surface area contributed by atoms with Gasteiger partial charge in [-0.25, -0.2) is 4.98 Å². The van der Waals surface area contributed by atoms with E-state index in [0.717, 1.165) is 30.8 Å². The fourth-order valence-electron chi connectivity index (χ4n) is 3.75. The number of ether oxygens (including phenoxy) is 1. The number of hydrogen-bond acceptors (Lipinski definition) is 5. The Kier molecular flexibility index (Phi) is 5.81. The number of aryl methyl sites for hydroxylation is 2. The largest absolute Gasteiger partial charge is 0.490 e. The van der Waals surface area contributed by atoms with Crippen molar-refractivity contribution in [1.82, 2.24) is 14.3 Å². The van der Waals surface area contributed by atoms with E-state index in [2.05, 4.69) is 15.2 Å². The topological polar surface area (TPSA) is 75.9 Å². The van der Waals surface area contributed by atoms with E-state index in [1.165, 1.54) is 23.4 Å². The second kappa shape index (κ2) is 8.67. The molecule has 1 aliphatic rings. The summed E-state index contributed by atoms with van der Waals surface area (Å²) in [5.74, 6) is 0.0937. The quantitative estimate of drug-likeness (QED) is 0.681. The number of nitrogens with zero attached hydrogens (tertiary/aromatic N) is 3. The molecule has 7 heteroatoms. The standard InChI is InChI=1S/C23H26N4O3/c1-16-7-8-20(30-13-12-26-9-3-4-10-26)19(14-16)25-22(28)18-15-24-21-17(2)6-5-11-27(21)23(18)29/h5-8,11,14-15H,3-4,9-10,12-13H2,1-2H3,(H,25,28). The van der Waals surface area contributed by atoms with Crippen LogP contribution < -0.4 is 15.6 Å². The third-order valence-electron chi connectivity index (χ3n) is 5.42. The summed E-state index contributed by atoms with van der Waals surface area (Å²) in [5.41, 5.74) is 2.54. The van der Waals surface area contributed by atoms with Crippen molar-refractivity contribution in [3.05, 3.63) is 69.8 Å². The van der Waals surface area contributed by atoms with E-state index in [0.29, 0.717) is 23.7 Å². The lowest BCUT2D eigenvalue weighted by Crippen LogP contribution is -2.27. The summed E-state index contributed by atoms with van der Waals surface area (Å²) < 4.78 is 7.35. The zero-order valence-corrected chi connectivity index (χ0v) is 17.4. The molecule has 0 radical (unpaired) electrons. The summed E-state index contributed by atoms with van der Waals surface area (Å²) in [6, 6.07) is 9.28. The molecule has 30 heavy (non-hydrogen) atoms. The normalized spacial score (nSPS) is 14.2. The Labute approximate surface area is 175 Å². The fourth-order valence-corrected chi connectivity index (χ4v) is 3.75. The minimum absolute atomic E-state index is 0.0115. The van der Waals surface area contributed by atoms with Crippen LogP contribution in [0.15, 0.2) is 47.5 Å². The van der Waals surface area contributed by atoms with Crippen LogP contribution in [-0.2, 0) is 0 Å². The molecular weight excluding hydrogens is 380 g/mol. The Morgan fingerprint density at radius 2 is 2.00 bits per heavy atom. The zero-order valence-electron chi connectivity index (χ0n) is 17.4. The van der Waals surface area contributed by atoms with E-state index >= 15 is 0 Å². The smallest absolute Gasteiger partial charge is 0.270 e. The van der Waals surface area contributed by atoms with Crippen molar-refractivity contribution in [2.45, 2.75) is 26.7 Å². The fraction of sp³-hybridized carbons (Fsp3) is 0.348. The van der Waals surface area contributed by atoms with Gasteiger partial charge in [0.25, 0.3) is 11.5 Å². The van der Waals surface area contributed by atoms with Crippen LogP contribution in [0.25, 0.3) is 5.65 Å². The molecule has 7 nitrogen and oxygen atoms in total. The molecule has 1 aliphatic heterocycles. The van der Waals surface area contributed by atoms with Gasteiger partial charge in [0.15, 0.2) is 0 Å². The predicted molar refractivity (Wildman–Crippen MR) is 117 cm³/mol. The van der Waals surface area contributed by atoms with Crippen LogP contribution in [0.4, 0.5) is 5.69 Å². The number of hydrogen-bond donors (Lipinski definition) is 1. The van der Waals surface area contributed by atoms with Crippen molar-refractivity contribution in [3.63, 3.8) is 0 Å². The average molecular weight is 406 g/mol. The Morgan fingerprint density at radius 1 is 1.20 bits per heavy atom. The average Bonchev–Trinajstić information content (AvgIpc) is 3.24. The van der Waals surface area contributed by atoms with Crippen molar-refractivity contribution in [1.29, 1.82) is 0 Å². The van der Waals surface area contributed by atoms with Gasteiger partial charge >= 0.3 is 0 Å². The molecule has 0 spiro atoms. The van der Waals surface area contributed by atoms with Crippen LogP contribution in [0, 0.1) is 13.8 Å². The Bertz CT molecular complexity index is 1130. The molecule has 4 rings (SSSR count). The van der Waals surface area contributed by atoms with Gasteiger partial charge in [-0.3, -0.25) is 18.9 Å². The molecule has 1 fully saturated rings. The maximum absolute atomic E-state index is 12.9. The lowest BCUT2D eigenvalue weighted by atomic mass is 10.2. The molecule has 3 heterocycles. The highest BCUT2D eigenvalue weighted by atomic mass is 16.5. The highest BCUT2D eigenvalue weighted by molar-refractivity contribution is 6.04.